The first-order valence-corrected chi connectivity index (χ1v) is 6.49. The van der Waals surface area contributed by atoms with E-state index in [1.54, 1.807) is 0 Å². The van der Waals surface area contributed by atoms with Gasteiger partial charge in [0.1, 0.15) is 5.82 Å². The molecule has 1 saturated heterocycles. The molecule has 2 N–H and O–H groups in total. The summed E-state index contributed by atoms with van der Waals surface area (Å²) in [7, 11) is 0. The van der Waals surface area contributed by atoms with Gasteiger partial charge in [0.2, 0.25) is 5.91 Å². The van der Waals surface area contributed by atoms with Crippen LogP contribution >= 0.6 is 11.6 Å². The van der Waals surface area contributed by atoms with Gasteiger partial charge in [0, 0.05) is 13.1 Å². The van der Waals surface area contributed by atoms with Gasteiger partial charge in [0.05, 0.1) is 22.9 Å². The monoisotopic (exact) mass is 286 g/mol. The summed E-state index contributed by atoms with van der Waals surface area (Å²) in [6, 6.07) is 3.81. The van der Waals surface area contributed by atoms with Crippen LogP contribution < -0.4 is 5.32 Å². The lowest BCUT2D eigenvalue weighted by Gasteiger charge is -2.45. The van der Waals surface area contributed by atoms with Crippen LogP contribution in [0.2, 0.25) is 5.02 Å². The Hall–Kier alpha value is -1.17. The molecule has 0 aliphatic carbocycles. The van der Waals surface area contributed by atoms with E-state index in [2.05, 4.69) is 5.32 Å². The molecule has 4 nitrogen and oxygen atoms in total. The number of rotatable bonds is 4. The molecule has 1 aliphatic heterocycles. The summed E-state index contributed by atoms with van der Waals surface area (Å²) in [6.45, 7) is 3.09. The molecule has 6 heteroatoms. The topological polar surface area (TPSA) is 52.6 Å². The predicted octanol–water partition coefficient (Wildman–Crippen LogP) is 1.87. The van der Waals surface area contributed by atoms with Crippen molar-refractivity contribution in [3.63, 3.8) is 0 Å². The maximum Gasteiger partial charge on any atom is 0.238 e. The molecule has 0 spiro atoms. The fraction of sp³-hybridized carbons (Fsp3) is 0.462. The summed E-state index contributed by atoms with van der Waals surface area (Å²) in [5.74, 6) is -0.676. The molecule has 1 aliphatic rings. The zero-order valence-electron chi connectivity index (χ0n) is 10.6. The van der Waals surface area contributed by atoms with Crippen LogP contribution in [-0.4, -0.2) is 41.1 Å². The Balaban J connectivity index is 1.85. The number of aliphatic hydroxyl groups is 1. The highest BCUT2D eigenvalue weighted by molar-refractivity contribution is 6.33. The van der Waals surface area contributed by atoms with Crippen molar-refractivity contribution in [3.05, 3.63) is 29.0 Å². The number of halogens is 2. The Labute approximate surface area is 116 Å². The number of amides is 1. The summed E-state index contributed by atoms with van der Waals surface area (Å²) in [5, 5.41) is 12.6. The Morgan fingerprint density at radius 2 is 2.26 bits per heavy atom. The lowest BCUT2D eigenvalue weighted by atomic mass is 9.91. The number of β-amino-alcohol motifs (C(OH)–C–C–N with tert-alkyl or cyclic N) is 1. The van der Waals surface area contributed by atoms with Gasteiger partial charge in [-0.3, -0.25) is 9.69 Å². The van der Waals surface area contributed by atoms with E-state index < -0.39 is 11.4 Å². The van der Waals surface area contributed by atoms with Gasteiger partial charge in [-0.05, 0) is 24.6 Å². The second-order valence-corrected chi connectivity index (χ2v) is 5.30. The molecule has 0 unspecified atom stereocenters. The van der Waals surface area contributed by atoms with Gasteiger partial charge in [-0.25, -0.2) is 4.39 Å². The Morgan fingerprint density at radius 3 is 2.84 bits per heavy atom. The molecule has 0 radical (unpaired) electrons. The molecule has 0 aromatic heterocycles. The van der Waals surface area contributed by atoms with Crippen LogP contribution in [0.4, 0.5) is 10.1 Å². The quantitative estimate of drug-likeness (QED) is 0.888. The zero-order chi connectivity index (χ0) is 14.0. The molecule has 1 fully saturated rings. The molecule has 0 saturated carbocycles. The molecular formula is C13H16ClFN2O2. The third-order valence-corrected chi connectivity index (χ3v) is 3.58. The van der Waals surface area contributed by atoms with Crippen LogP contribution in [0.5, 0.6) is 0 Å². The fourth-order valence-electron chi connectivity index (χ4n) is 2.11. The number of benzene rings is 1. The first-order chi connectivity index (χ1) is 8.92. The Kier molecular flexibility index (Phi) is 4.08. The van der Waals surface area contributed by atoms with E-state index in [0.717, 1.165) is 6.07 Å². The molecule has 2 rings (SSSR count). The first kappa shape index (κ1) is 14.2. The number of carbonyl (C=O) groups excluding carboxylic acids is 1. The van der Waals surface area contributed by atoms with E-state index in [9.17, 15) is 14.3 Å². The summed E-state index contributed by atoms with van der Waals surface area (Å²) >= 11 is 5.82. The van der Waals surface area contributed by atoms with Crippen molar-refractivity contribution in [2.75, 3.05) is 25.0 Å². The SMILES string of the molecule is CCC1(O)CN(CC(=O)Nc2ccc(F)cc2Cl)C1. The van der Waals surface area contributed by atoms with E-state index in [1.165, 1.54) is 12.1 Å². The minimum Gasteiger partial charge on any atom is -0.387 e. The number of likely N-dealkylation sites (tertiary alicyclic amines) is 1. The van der Waals surface area contributed by atoms with Crippen molar-refractivity contribution in [1.82, 2.24) is 4.90 Å². The number of anilines is 1. The third-order valence-electron chi connectivity index (χ3n) is 3.27. The van der Waals surface area contributed by atoms with Gasteiger partial charge in [0.25, 0.3) is 0 Å². The van der Waals surface area contributed by atoms with Crippen LogP contribution in [0.15, 0.2) is 18.2 Å². The van der Waals surface area contributed by atoms with Gasteiger partial charge in [0.15, 0.2) is 0 Å². The summed E-state index contributed by atoms with van der Waals surface area (Å²) in [6.07, 6.45) is 0.676. The molecular weight excluding hydrogens is 271 g/mol. The van der Waals surface area contributed by atoms with Crippen LogP contribution in [-0.2, 0) is 4.79 Å². The lowest BCUT2D eigenvalue weighted by Crippen LogP contribution is -2.62. The van der Waals surface area contributed by atoms with Gasteiger partial charge in [-0.1, -0.05) is 18.5 Å². The molecule has 1 aromatic rings. The van der Waals surface area contributed by atoms with Gasteiger partial charge in [-0.2, -0.15) is 0 Å². The van der Waals surface area contributed by atoms with E-state index in [1.807, 2.05) is 11.8 Å². The van der Waals surface area contributed by atoms with Gasteiger partial charge >= 0.3 is 0 Å². The van der Waals surface area contributed by atoms with Crippen molar-refractivity contribution in [3.8, 4) is 0 Å². The van der Waals surface area contributed by atoms with Crippen LogP contribution in [0.1, 0.15) is 13.3 Å². The number of nitrogens with zero attached hydrogens (tertiary/aromatic N) is 1. The first-order valence-electron chi connectivity index (χ1n) is 6.11. The smallest absolute Gasteiger partial charge is 0.238 e. The molecule has 0 atom stereocenters. The summed E-state index contributed by atoms with van der Waals surface area (Å²) < 4.78 is 12.8. The molecule has 104 valence electrons. The van der Waals surface area contributed by atoms with Gasteiger partial charge < -0.3 is 10.4 Å². The number of nitrogens with one attached hydrogen (secondary N) is 1. The van der Waals surface area contributed by atoms with Crippen molar-refractivity contribution in [1.29, 1.82) is 0 Å². The molecule has 1 amide bonds. The molecule has 1 aromatic carbocycles. The minimum atomic E-state index is -0.659. The zero-order valence-corrected chi connectivity index (χ0v) is 11.4. The summed E-state index contributed by atoms with van der Waals surface area (Å²) in [4.78, 5) is 13.6. The predicted molar refractivity (Wildman–Crippen MR) is 71.7 cm³/mol. The second-order valence-electron chi connectivity index (χ2n) is 4.90. The standard InChI is InChI=1S/C13H16ClFN2O2/c1-2-13(19)7-17(8-13)6-12(18)16-11-4-3-9(15)5-10(11)14/h3-5,19H,2,6-8H2,1H3,(H,16,18). The van der Waals surface area contributed by atoms with Crippen molar-refractivity contribution in [2.45, 2.75) is 18.9 Å². The molecule has 0 bridgehead atoms. The fourth-order valence-corrected chi connectivity index (χ4v) is 2.32. The van der Waals surface area contributed by atoms with Crippen molar-refractivity contribution >= 4 is 23.2 Å². The molecule has 1 heterocycles. The van der Waals surface area contributed by atoms with E-state index >= 15 is 0 Å². The Bertz CT molecular complexity index is 490. The molecule has 19 heavy (non-hydrogen) atoms. The normalized spacial score (nSPS) is 17.9. The van der Waals surface area contributed by atoms with Gasteiger partial charge in [-0.15, -0.1) is 0 Å². The highest BCUT2D eigenvalue weighted by Gasteiger charge is 2.39. The number of carbonyl (C=O) groups is 1. The van der Waals surface area contributed by atoms with E-state index in [0.29, 0.717) is 25.2 Å². The van der Waals surface area contributed by atoms with Crippen molar-refractivity contribution in [2.24, 2.45) is 0 Å². The largest absolute Gasteiger partial charge is 0.387 e. The number of hydrogen-bond acceptors (Lipinski definition) is 3. The average molecular weight is 287 g/mol. The third kappa shape index (κ3) is 3.43. The average Bonchev–Trinajstić information content (AvgIpc) is 2.30. The number of hydrogen-bond donors (Lipinski definition) is 2. The van der Waals surface area contributed by atoms with Crippen molar-refractivity contribution < 1.29 is 14.3 Å². The lowest BCUT2D eigenvalue weighted by molar-refractivity contribution is -0.128. The highest BCUT2D eigenvalue weighted by Crippen LogP contribution is 2.25. The van der Waals surface area contributed by atoms with Crippen LogP contribution in [0, 0.1) is 5.82 Å². The maximum atomic E-state index is 12.8. The highest BCUT2D eigenvalue weighted by atomic mass is 35.5. The van der Waals surface area contributed by atoms with E-state index in [4.69, 9.17) is 11.6 Å². The maximum absolute atomic E-state index is 12.8. The van der Waals surface area contributed by atoms with Crippen LogP contribution in [0.3, 0.4) is 0 Å². The second kappa shape index (κ2) is 5.45. The summed E-state index contributed by atoms with van der Waals surface area (Å²) in [5.41, 5.74) is -0.271. The minimum absolute atomic E-state index is 0.169. The van der Waals surface area contributed by atoms with E-state index in [-0.39, 0.29) is 17.5 Å². The Morgan fingerprint density at radius 1 is 1.58 bits per heavy atom. The van der Waals surface area contributed by atoms with Crippen LogP contribution in [0.25, 0.3) is 0 Å².